The minimum Gasteiger partial charge on any atom is -0.496 e. The molecule has 0 atom stereocenters. The Bertz CT molecular complexity index is 646. The summed E-state index contributed by atoms with van der Waals surface area (Å²) in [6.07, 6.45) is 0. The van der Waals surface area contributed by atoms with Gasteiger partial charge in [-0.15, -0.1) is 0 Å². The largest absolute Gasteiger partial charge is 0.496 e. The summed E-state index contributed by atoms with van der Waals surface area (Å²) in [7, 11) is 1.55. The molecule has 2 heterocycles. The molecule has 1 aromatic carbocycles. The van der Waals surface area contributed by atoms with E-state index in [2.05, 4.69) is 5.16 Å². The average Bonchev–Trinajstić information content (AvgIpc) is 3.06. The van der Waals surface area contributed by atoms with Crippen LogP contribution < -0.4 is 4.74 Å². The van der Waals surface area contributed by atoms with Crippen molar-refractivity contribution in [3.8, 4) is 17.1 Å². The van der Waals surface area contributed by atoms with Crippen molar-refractivity contribution in [3.05, 3.63) is 35.0 Å². The van der Waals surface area contributed by atoms with Crippen molar-refractivity contribution in [3.63, 3.8) is 0 Å². The van der Waals surface area contributed by atoms with Crippen molar-refractivity contribution in [1.82, 2.24) is 5.16 Å². The standard InChI is InChI=1S/C13H11NO5/c1-17-10-3-2-7-5-18-6-8(7)12(10)11-4-9(13(15)16)14-19-11/h2-4H,5-6H2,1H3,(H,15,16). The molecule has 0 unspecified atom stereocenters. The van der Waals surface area contributed by atoms with E-state index in [1.807, 2.05) is 12.1 Å². The van der Waals surface area contributed by atoms with E-state index >= 15 is 0 Å². The van der Waals surface area contributed by atoms with Gasteiger partial charge in [0.1, 0.15) is 5.75 Å². The Morgan fingerprint density at radius 1 is 1.42 bits per heavy atom. The van der Waals surface area contributed by atoms with Gasteiger partial charge in [-0.05, 0) is 17.2 Å². The van der Waals surface area contributed by atoms with Crippen LogP contribution in [0.4, 0.5) is 0 Å². The predicted molar refractivity (Wildman–Crippen MR) is 63.9 cm³/mol. The van der Waals surface area contributed by atoms with E-state index in [9.17, 15) is 4.79 Å². The normalized spacial score (nSPS) is 13.3. The molecule has 0 spiro atoms. The highest BCUT2D eigenvalue weighted by Gasteiger charge is 2.24. The summed E-state index contributed by atoms with van der Waals surface area (Å²) >= 11 is 0. The summed E-state index contributed by atoms with van der Waals surface area (Å²) in [4.78, 5) is 10.9. The first kappa shape index (κ1) is 11.7. The van der Waals surface area contributed by atoms with Gasteiger partial charge in [-0.25, -0.2) is 4.79 Å². The highest BCUT2D eigenvalue weighted by molar-refractivity contribution is 5.87. The molecule has 6 nitrogen and oxygen atoms in total. The summed E-state index contributed by atoms with van der Waals surface area (Å²) in [5.74, 6) is -0.147. The Labute approximate surface area is 108 Å². The SMILES string of the molecule is COc1ccc2c(c1-c1cc(C(=O)O)no1)COC2. The van der Waals surface area contributed by atoms with Crippen molar-refractivity contribution in [2.24, 2.45) is 0 Å². The molecule has 1 aromatic heterocycles. The molecule has 0 amide bonds. The average molecular weight is 261 g/mol. The Morgan fingerprint density at radius 3 is 2.95 bits per heavy atom. The second-order valence-corrected chi connectivity index (χ2v) is 4.15. The number of hydrogen-bond donors (Lipinski definition) is 1. The predicted octanol–water partition coefficient (Wildman–Crippen LogP) is 2.08. The van der Waals surface area contributed by atoms with E-state index < -0.39 is 5.97 Å². The molecule has 2 aromatic rings. The smallest absolute Gasteiger partial charge is 0.358 e. The number of ether oxygens (including phenoxy) is 2. The lowest BCUT2D eigenvalue weighted by atomic mass is 10.00. The van der Waals surface area contributed by atoms with Crippen molar-refractivity contribution < 1.29 is 23.9 Å². The minimum absolute atomic E-state index is 0.131. The van der Waals surface area contributed by atoms with E-state index in [1.165, 1.54) is 6.07 Å². The Hall–Kier alpha value is -2.34. The fraction of sp³-hybridized carbons (Fsp3) is 0.231. The second kappa shape index (κ2) is 4.40. The Balaban J connectivity index is 2.17. The molecule has 98 valence electrons. The van der Waals surface area contributed by atoms with Crippen LogP contribution in [0.1, 0.15) is 21.6 Å². The lowest BCUT2D eigenvalue weighted by Gasteiger charge is -2.09. The zero-order valence-corrected chi connectivity index (χ0v) is 10.2. The van der Waals surface area contributed by atoms with Gasteiger partial charge < -0.3 is 19.1 Å². The van der Waals surface area contributed by atoms with Gasteiger partial charge in [0.05, 0.1) is 25.9 Å². The first-order chi connectivity index (χ1) is 9.20. The number of carboxylic acid groups (broad SMARTS) is 1. The third kappa shape index (κ3) is 1.86. The summed E-state index contributed by atoms with van der Waals surface area (Å²) in [6, 6.07) is 5.13. The number of hydrogen-bond acceptors (Lipinski definition) is 5. The van der Waals surface area contributed by atoms with Crippen LogP contribution in [0.15, 0.2) is 22.7 Å². The molecule has 3 rings (SSSR count). The number of nitrogens with zero attached hydrogens (tertiary/aromatic N) is 1. The van der Waals surface area contributed by atoms with Crippen molar-refractivity contribution in [1.29, 1.82) is 0 Å². The number of aromatic carboxylic acids is 1. The van der Waals surface area contributed by atoms with Gasteiger partial charge in [0, 0.05) is 6.07 Å². The van der Waals surface area contributed by atoms with Crippen LogP contribution in [0, 0.1) is 0 Å². The Kier molecular flexibility index (Phi) is 2.72. The maximum atomic E-state index is 10.9. The molecule has 19 heavy (non-hydrogen) atoms. The summed E-state index contributed by atoms with van der Waals surface area (Å²) in [5.41, 5.74) is 2.57. The molecular weight excluding hydrogens is 250 g/mol. The topological polar surface area (TPSA) is 81.8 Å². The van der Waals surface area contributed by atoms with Gasteiger partial charge in [0.25, 0.3) is 0 Å². The van der Waals surface area contributed by atoms with E-state index in [0.29, 0.717) is 30.3 Å². The fourth-order valence-corrected chi connectivity index (χ4v) is 2.17. The number of aromatic nitrogens is 1. The minimum atomic E-state index is -1.13. The molecule has 1 N–H and O–H groups in total. The molecule has 0 aliphatic carbocycles. The van der Waals surface area contributed by atoms with Gasteiger partial charge in [-0.3, -0.25) is 0 Å². The molecule has 0 radical (unpaired) electrons. The van der Waals surface area contributed by atoms with Crippen LogP contribution in [-0.2, 0) is 18.0 Å². The molecule has 0 saturated heterocycles. The number of carboxylic acids is 1. The highest BCUT2D eigenvalue weighted by Crippen LogP contribution is 2.38. The first-order valence-corrected chi connectivity index (χ1v) is 5.67. The zero-order chi connectivity index (χ0) is 13.4. The van der Waals surface area contributed by atoms with Gasteiger partial charge in [-0.2, -0.15) is 0 Å². The maximum Gasteiger partial charge on any atom is 0.358 e. The quantitative estimate of drug-likeness (QED) is 0.910. The van der Waals surface area contributed by atoms with E-state index in [-0.39, 0.29) is 5.69 Å². The molecule has 0 fully saturated rings. The number of carbonyl (C=O) groups is 1. The number of benzene rings is 1. The lowest BCUT2D eigenvalue weighted by Crippen LogP contribution is -1.95. The van der Waals surface area contributed by atoms with Gasteiger partial charge in [-0.1, -0.05) is 11.2 Å². The highest BCUT2D eigenvalue weighted by atomic mass is 16.5. The first-order valence-electron chi connectivity index (χ1n) is 5.67. The van der Waals surface area contributed by atoms with Crippen LogP contribution in [0.5, 0.6) is 5.75 Å². The second-order valence-electron chi connectivity index (χ2n) is 4.15. The van der Waals surface area contributed by atoms with Crippen LogP contribution in [0.2, 0.25) is 0 Å². The molecule has 0 saturated carbocycles. The lowest BCUT2D eigenvalue weighted by molar-refractivity contribution is 0.0686. The van der Waals surface area contributed by atoms with Gasteiger partial charge in [0.15, 0.2) is 11.5 Å². The van der Waals surface area contributed by atoms with Crippen molar-refractivity contribution in [2.75, 3.05) is 7.11 Å². The summed E-state index contributed by atoms with van der Waals surface area (Å²) in [6.45, 7) is 0.983. The monoisotopic (exact) mass is 261 g/mol. The van der Waals surface area contributed by atoms with Gasteiger partial charge >= 0.3 is 5.97 Å². The summed E-state index contributed by atoms with van der Waals surface area (Å²) in [5, 5.41) is 12.4. The fourth-order valence-electron chi connectivity index (χ4n) is 2.17. The van der Waals surface area contributed by atoms with Crippen LogP contribution in [0.3, 0.4) is 0 Å². The van der Waals surface area contributed by atoms with Crippen molar-refractivity contribution in [2.45, 2.75) is 13.2 Å². The zero-order valence-electron chi connectivity index (χ0n) is 10.2. The molecular formula is C13H11NO5. The van der Waals surface area contributed by atoms with E-state index in [0.717, 1.165) is 11.1 Å². The van der Waals surface area contributed by atoms with E-state index in [4.69, 9.17) is 19.1 Å². The van der Waals surface area contributed by atoms with E-state index in [1.54, 1.807) is 7.11 Å². The van der Waals surface area contributed by atoms with Gasteiger partial charge in [0.2, 0.25) is 0 Å². The molecule has 1 aliphatic heterocycles. The number of rotatable bonds is 3. The van der Waals surface area contributed by atoms with Crippen molar-refractivity contribution >= 4 is 5.97 Å². The van der Waals surface area contributed by atoms with Crippen LogP contribution >= 0.6 is 0 Å². The molecule has 1 aliphatic rings. The third-order valence-corrected chi connectivity index (χ3v) is 3.07. The van der Waals surface area contributed by atoms with Crippen LogP contribution in [-0.4, -0.2) is 23.3 Å². The third-order valence-electron chi connectivity index (χ3n) is 3.07. The number of methoxy groups -OCH3 is 1. The van der Waals surface area contributed by atoms with Crippen LogP contribution in [0.25, 0.3) is 11.3 Å². The Morgan fingerprint density at radius 2 is 2.26 bits per heavy atom. The molecule has 0 bridgehead atoms. The maximum absolute atomic E-state index is 10.9. The molecule has 6 heteroatoms. The summed E-state index contributed by atoms with van der Waals surface area (Å²) < 4.78 is 15.8. The number of fused-ring (bicyclic) bond motifs is 1.